The van der Waals surface area contributed by atoms with Crippen LogP contribution in [0.4, 0.5) is 0 Å². The molecule has 0 aromatic carbocycles. The molecule has 0 aromatic rings. The molecule has 6 heteroatoms. The van der Waals surface area contributed by atoms with E-state index in [0.717, 1.165) is 50.4 Å². The van der Waals surface area contributed by atoms with Crippen LogP contribution in [0.2, 0.25) is 39.3 Å². The van der Waals surface area contributed by atoms with Crippen molar-refractivity contribution in [3.8, 4) is 0 Å². The van der Waals surface area contributed by atoms with E-state index in [4.69, 9.17) is 18.3 Å². The molecule has 0 unspecified atom stereocenters. The number of ether oxygens (including phenoxy) is 2. The summed E-state index contributed by atoms with van der Waals surface area (Å²) in [6.45, 7) is 13.1. The van der Waals surface area contributed by atoms with Gasteiger partial charge in [-0.15, -0.1) is 0 Å². The maximum Gasteiger partial charge on any atom is 0.264 e. The highest BCUT2D eigenvalue weighted by Crippen LogP contribution is 2.31. The van der Waals surface area contributed by atoms with E-state index in [1.807, 2.05) is 0 Å². The van der Waals surface area contributed by atoms with Crippen LogP contribution < -0.4 is 0 Å². The SMILES string of the molecule is CO/C(O[Si](C)(C)C)=C1\CCCC/C(=C(\OC)O[Si](C)(C)C)CC1. The summed E-state index contributed by atoms with van der Waals surface area (Å²) in [5.74, 6) is 1.50. The van der Waals surface area contributed by atoms with Crippen molar-refractivity contribution in [3.05, 3.63) is 23.0 Å². The van der Waals surface area contributed by atoms with E-state index >= 15 is 0 Å². The maximum atomic E-state index is 6.15. The Morgan fingerprint density at radius 2 is 0.958 bits per heavy atom. The van der Waals surface area contributed by atoms with Crippen molar-refractivity contribution in [2.24, 2.45) is 0 Å². The average Bonchev–Trinajstić information content (AvgIpc) is 2.41. The zero-order valence-corrected chi connectivity index (χ0v) is 18.9. The van der Waals surface area contributed by atoms with Crippen molar-refractivity contribution in [3.63, 3.8) is 0 Å². The second-order valence-corrected chi connectivity index (χ2v) is 17.2. The number of rotatable bonds is 6. The Morgan fingerprint density at radius 3 is 1.21 bits per heavy atom. The zero-order chi connectivity index (χ0) is 18.4. The topological polar surface area (TPSA) is 36.9 Å². The van der Waals surface area contributed by atoms with Gasteiger partial charge in [0.15, 0.2) is 0 Å². The molecule has 0 saturated heterocycles. The first-order chi connectivity index (χ1) is 11.1. The summed E-state index contributed by atoms with van der Waals surface area (Å²) in [6.07, 6.45) is 6.29. The highest BCUT2D eigenvalue weighted by atomic mass is 28.4. The van der Waals surface area contributed by atoms with Gasteiger partial charge in [-0.3, -0.25) is 0 Å². The lowest BCUT2D eigenvalue weighted by Gasteiger charge is -2.26. The summed E-state index contributed by atoms with van der Waals surface area (Å²) in [5, 5.41) is 0. The summed E-state index contributed by atoms with van der Waals surface area (Å²) in [6, 6.07) is 0. The third kappa shape index (κ3) is 7.79. The fourth-order valence-electron chi connectivity index (χ4n) is 2.71. The molecule has 1 aliphatic carbocycles. The van der Waals surface area contributed by atoms with Crippen LogP contribution in [-0.4, -0.2) is 30.9 Å². The smallest absolute Gasteiger partial charge is 0.264 e. The van der Waals surface area contributed by atoms with Crippen LogP contribution in [0.25, 0.3) is 0 Å². The summed E-state index contributed by atoms with van der Waals surface area (Å²) in [7, 11) is 0.0895. The van der Waals surface area contributed by atoms with E-state index in [9.17, 15) is 0 Å². The fourth-order valence-corrected chi connectivity index (χ4v) is 4.28. The van der Waals surface area contributed by atoms with Crippen molar-refractivity contribution >= 4 is 16.6 Å². The van der Waals surface area contributed by atoms with E-state index in [0.29, 0.717) is 0 Å². The number of hydrogen-bond acceptors (Lipinski definition) is 4. The van der Waals surface area contributed by atoms with Gasteiger partial charge in [0, 0.05) is 11.1 Å². The molecule has 140 valence electrons. The predicted molar refractivity (Wildman–Crippen MR) is 105 cm³/mol. The molecule has 0 N–H and O–H groups in total. The van der Waals surface area contributed by atoms with Gasteiger partial charge in [0.1, 0.15) is 0 Å². The van der Waals surface area contributed by atoms with E-state index in [2.05, 4.69) is 39.3 Å². The highest BCUT2D eigenvalue weighted by Gasteiger charge is 2.24. The van der Waals surface area contributed by atoms with E-state index < -0.39 is 16.6 Å². The van der Waals surface area contributed by atoms with Crippen LogP contribution in [0, 0.1) is 0 Å². The molecular weight excluding hydrogens is 336 g/mol. The minimum Gasteiger partial charge on any atom is -0.520 e. The van der Waals surface area contributed by atoms with E-state index in [-0.39, 0.29) is 0 Å². The first-order valence-corrected chi connectivity index (χ1v) is 15.8. The highest BCUT2D eigenvalue weighted by molar-refractivity contribution is 6.70. The van der Waals surface area contributed by atoms with E-state index in [1.165, 1.54) is 11.1 Å². The van der Waals surface area contributed by atoms with Gasteiger partial charge in [0.25, 0.3) is 11.9 Å². The van der Waals surface area contributed by atoms with Gasteiger partial charge < -0.3 is 18.3 Å². The van der Waals surface area contributed by atoms with Crippen LogP contribution in [0.15, 0.2) is 23.0 Å². The Bertz CT molecular complexity index is 426. The van der Waals surface area contributed by atoms with Crippen LogP contribution >= 0.6 is 0 Å². The molecule has 1 fully saturated rings. The van der Waals surface area contributed by atoms with Gasteiger partial charge in [0.05, 0.1) is 14.2 Å². The van der Waals surface area contributed by atoms with Gasteiger partial charge in [-0.2, -0.15) is 0 Å². The molecule has 0 spiro atoms. The summed E-state index contributed by atoms with van der Waals surface area (Å²) in [4.78, 5) is 0. The molecule has 1 aliphatic rings. The molecule has 0 bridgehead atoms. The van der Waals surface area contributed by atoms with E-state index in [1.54, 1.807) is 14.2 Å². The van der Waals surface area contributed by atoms with Gasteiger partial charge >= 0.3 is 0 Å². The van der Waals surface area contributed by atoms with Gasteiger partial charge in [-0.1, -0.05) is 0 Å². The Hall–Kier alpha value is -0.886. The molecule has 0 aliphatic heterocycles. The summed E-state index contributed by atoms with van der Waals surface area (Å²) >= 11 is 0. The fraction of sp³-hybridized carbons (Fsp3) is 0.778. The largest absolute Gasteiger partial charge is 0.520 e. The molecule has 0 aromatic heterocycles. The first kappa shape index (κ1) is 21.2. The second kappa shape index (κ2) is 8.99. The third-order valence-corrected chi connectivity index (χ3v) is 5.28. The maximum absolute atomic E-state index is 6.15. The number of allylic oxidation sites excluding steroid dienone is 2. The Kier molecular flexibility index (Phi) is 7.93. The third-order valence-electron chi connectivity index (χ3n) is 3.68. The van der Waals surface area contributed by atoms with Crippen LogP contribution in [0.1, 0.15) is 38.5 Å². The Labute approximate surface area is 150 Å². The molecule has 0 heterocycles. The van der Waals surface area contributed by atoms with Crippen molar-refractivity contribution < 1.29 is 18.3 Å². The van der Waals surface area contributed by atoms with Gasteiger partial charge in [-0.25, -0.2) is 0 Å². The zero-order valence-electron chi connectivity index (χ0n) is 16.9. The summed E-state index contributed by atoms with van der Waals surface area (Å²) in [5.41, 5.74) is 2.58. The average molecular weight is 373 g/mol. The lowest BCUT2D eigenvalue weighted by molar-refractivity contribution is 0.135. The minimum absolute atomic E-state index is 0.750. The van der Waals surface area contributed by atoms with Crippen molar-refractivity contribution in [1.82, 2.24) is 0 Å². The molecule has 0 radical (unpaired) electrons. The van der Waals surface area contributed by atoms with Gasteiger partial charge in [-0.05, 0) is 77.8 Å². The lowest BCUT2D eigenvalue weighted by atomic mass is 9.93. The minimum atomic E-state index is -1.67. The number of methoxy groups -OCH3 is 2. The van der Waals surface area contributed by atoms with Crippen molar-refractivity contribution in [2.75, 3.05) is 14.2 Å². The molecule has 0 atom stereocenters. The Balaban J connectivity index is 2.99. The van der Waals surface area contributed by atoms with Crippen LogP contribution in [0.3, 0.4) is 0 Å². The van der Waals surface area contributed by atoms with Gasteiger partial charge in [0.2, 0.25) is 16.6 Å². The van der Waals surface area contributed by atoms with Crippen LogP contribution in [-0.2, 0) is 18.3 Å². The normalized spacial score (nSPS) is 21.3. The Morgan fingerprint density at radius 1 is 0.625 bits per heavy atom. The molecular formula is C18H36O4Si2. The molecule has 0 amide bonds. The number of hydrogen-bond donors (Lipinski definition) is 0. The van der Waals surface area contributed by atoms with Crippen molar-refractivity contribution in [1.29, 1.82) is 0 Å². The molecule has 1 saturated carbocycles. The quantitative estimate of drug-likeness (QED) is 0.439. The molecule has 4 nitrogen and oxygen atoms in total. The monoisotopic (exact) mass is 372 g/mol. The second-order valence-electron chi connectivity index (χ2n) is 8.33. The van der Waals surface area contributed by atoms with Crippen LogP contribution in [0.5, 0.6) is 0 Å². The standard InChI is InChI=1S/C18H36O4Si2/c1-19-17(21-23(3,4)5)15-11-9-10-12-16(14-13-15)18(20-2)22-24(6,7)8/h9-14H2,1-8H3/b17-15-,18-16-. The first-order valence-electron chi connectivity index (χ1n) is 8.96. The molecule has 1 rings (SSSR count). The summed E-state index contributed by atoms with van der Waals surface area (Å²) < 4.78 is 23.5. The lowest BCUT2D eigenvalue weighted by Crippen LogP contribution is -2.26. The van der Waals surface area contributed by atoms with Crippen molar-refractivity contribution in [2.45, 2.75) is 77.8 Å². The molecule has 24 heavy (non-hydrogen) atoms. The predicted octanol–water partition coefficient (Wildman–Crippen LogP) is 5.76.